The third-order valence-electron chi connectivity index (χ3n) is 3.08. The number of hydrogen-bond acceptors (Lipinski definition) is 6. The molecule has 0 saturated carbocycles. The molecule has 2 rings (SSSR count). The van der Waals surface area contributed by atoms with E-state index in [-0.39, 0.29) is 12.1 Å². The molecule has 1 fully saturated rings. The van der Waals surface area contributed by atoms with Crippen LogP contribution in [0, 0.1) is 0 Å². The molecule has 0 aliphatic carbocycles. The molecule has 2 heterocycles. The normalized spacial score (nSPS) is 22.7. The van der Waals surface area contributed by atoms with Crippen LogP contribution in [0.5, 0.6) is 0 Å². The fourth-order valence-corrected chi connectivity index (χ4v) is 2.27. The van der Waals surface area contributed by atoms with Gasteiger partial charge in [-0.05, 0) is 32.4 Å². The lowest BCUT2D eigenvalue weighted by Crippen LogP contribution is -2.47. The quantitative estimate of drug-likeness (QED) is 0.831. The highest BCUT2D eigenvalue weighted by Crippen LogP contribution is 2.14. The maximum atomic E-state index is 5.77. The Hall–Kier alpha value is -0.850. The zero-order valence-electron chi connectivity index (χ0n) is 11.1. The Kier molecular flexibility index (Phi) is 4.79. The monoisotopic (exact) mass is 268 g/mol. The van der Waals surface area contributed by atoms with Crippen molar-refractivity contribution in [2.24, 2.45) is 0 Å². The third-order valence-corrected chi connectivity index (χ3v) is 3.72. The van der Waals surface area contributed by atoms with E-state index in [0.29, 0.717) is 0 Å². The van der Waals surface area contributed by atoms with Gasteiger partial charge in [-0.2, -0.15) is 0 Å². The van der Waals surface area contributed by atoms with Crippen molar-refractivity contribution < 1.29 is 4.74 Å². The van der Waals surface area contributed by atoms with Gasteiger partial charge in [0, 0.05) is 13.1 Å². The first-order valence-corrected chi connectivity index (χ1v) is 7.36. The van der Waals surface area contributed by atoms with Crippen LogP contribution in [0.1, 0.15) is 6.92 Å². The number of nitrogens with zero attached hydrogens (tertiary/aromatic N) is 3. The summed E-state index contributed by atoms with van der Waals surface area (Å²) in [6.07, 6.45) is 2.19. The summed E-state index contributed by atoms with van der Waals surface area (Å²) in [4.78, 5) is 2.29. The van der Waals surface area contributed by atoms with Crippen LogP contribution in [0.4, 0.5) is 5.82 Å². The largest absolute Gasteiger partial charge is 0.373 e. The molecule has 0 bridgehead atoms. The third kappa shape index (κ3) is 3.57. The van der Waals surface area contributed by atoms with E-state index in [1.807, 2.05) is 18.4 Å². The first kappa shape index (κ1) is 13.6. The second-order valence-corrected chi connectivity index (χ2v) is 5.39. The van der Waals surface area contributed by atoms with Crippen LogP contribution in [-0.2, 0) is 4.74 Å². The number of morpholine rings is 1. The molecule has 0 amide bonds. The molecule has 5 nitrogen and oxygen atoms in total. The smallest absolute Gasteiger partial charge is 0.149 e. The summed E-state index contributed by atoms with van der Waals surface area (Å²) in [6.45, 7) is 4.87. The summed E-state index contributed by atoms with van der Waals surface area (Å²) in [6, 6.07) is 4.16. The van der Waals surface area contributed by atoms with Crippen LogP contribution in [0.2, 0.25) is 0 Å². The summed E-state index contributed by atoms with van der Waals surface area (Å²) in [5.41, 5.74) is 0. The van der Waals surface area contributed by atoms with Crippen molar-refractivity contribution in [1.82, 2.24) is 15.1 Å². The van der Waals surface area contributed by atoms with Gasteiger partial charge in [0.1, 0.15) is 10.8 Å². The van der Waals surface area contributed by atoms with Crippen LogP contribution in [0.25, 0.3) is 0 Å². The molecule has 0 aromatic carbocycles. The molecule has 1 saturated heterocycles. The van der Waals surface area contributed by atoms with Crippen molar-refractivity contribution in [3.8, 4) is 0 Å². The van der Waals surface area contributed by atoms with E-state index in [1.165, 1.54) is 0 Å². The molecule has 1 N–H and O–H groups in total. The van der Waals surface area contributed by atoms with Gasteiger partial charge in [0.2, 0.25) is 0 Å². The van der Waals surface area contributed by atoms with Crippen molar-refractivity contribution in [2.75, 3.05) is 38.3 Å². The standard InChI is InChI=1S/C12H20N4OS/c1-9(10-8-16(2)6-7-17-10)13-11-4-5-12(18-3)15-14-11/h4-5,9-10H,6-8H2,1-3H3,(H,13,14). The van der Waals surface area contributed by atoms with Gasteiger partial charge in [0.25, 0.3) is 0 Å². The highest BCUT2D eigenvalue weighted by Gasteiger charge is 2.23. The van der Waals surface area contributed by atoms with Crippen molar-refractivity contribution >= 4 is 17.6 Å². The van der Waals surface area contributed by atoms with Gasteiger partial charge in [0.15, 0.2) is 0 Å². The van der Waals surface area contributed by atoms with Gasteiger partial charge in [-0.25, -0.2) is 0 Å². The molecule has 6 heteroatoms. The molecule has 18 heavy (non-hydrogen) atoms. The molecular formula is C12H20N4OS. The Morgan fingerprint density at radius 3 is 2.94 bits per heavy atom. The molecular weight excluding hydrogens is 248 g/mol. The number of ether oxygens (including phenoxy) is 1. The number of anilines is 1. The predicted octanol–water partition coefficient (Wildman–Crippen LogP) is 1.33. The maximum Gasteiger partial charge on any atom is 0.149 e. The number of nitrogens with one attached hydrogen (secondary N) is 1. The topological polar surface area (TPSA) is 50.3 Å². The lowest BCUT2D eigenvalue weighted by atomic mass is 10.1. The van der Waals surface area contributed by atoms with Crippen molar-refractivity contribution in [1.29, 1.82) is 0 Å². The number of likely N-dealkylation sites (N-methyl/N-ethyl adjacent to an activating group) is 1. The van der Waals surface area contributed by atoms with Gasteiger partial charge < -0.3 is 15.0 Å². The van der Waals surface area contributed by atoms with Crippen LogP contribution in [0.3, 0.4) is 0 Å². The molecule has 1 aliphatic heterocycles. The van der Waals surface area contributed by atoms with E-state index in [4.69, 9.17) is 4.74 Å². The highest BCUT2D eigenvalue weighted by atomic mass is 32.2. The van der Waals surface area contributed by atoms with Gasteiger partial charge in [0.05, 0.1) is 18.8 Å². The second kappa shape index (κ2) is 6.36. The van der Waals surface area contributed by atoms with E-state index in [2.05, 4.69) is 34.4 Å². The SMILES string of the molecule is CSc1ccc(NC(C)C2CN(C)CCO2)nn1. The van der Waals surface area contributed by atoms with E-state index in [1.54, 1.807) is 11.8 Å². The highest BCUT2D eigenvalue weighted by molar-refractivity contribution is 7.98. The number of aromatic nitrogens is 2. The Labute approximate surface area is 112 Å². The van der Waals surface area contributed by atoms with Crippen LogP contribution < -0.4 is 5.32 Å². The minimum absolute atomic E-state index is 0.200. The van der Waals surface area contributed by atoms with Crippen molar-refractivity contribution in [3.05, 3.63) is 12.1 Å². The molecule has 2 atom stereocenters. The second-order valence-electron chi connectivity index (χ2n) is 4.57. The van der Waals surface area contributed by atoms with E-state index >= 15 is 0 Å². The lowest BCUT2D eigenvalue weighted by Gasteiger charge is -2.34. The Morgan fingerprint density at radius 1 is 1.50 bits per heavy atom. The minimum atomic E-state index is 0.200. The molecule has 1 aromatic heterocycles. The predicted molar refractivity (Wildman–Crippen MR) is 74.1 cm³/mol. The Morgan fingerprint density at radius 2 is 2.33 bits per heavy atom. The summed E-state index contributed by atoms with van der Waals surface area (Å²) in [7, 11) is 2.12. The van der Waals surface area contributed by atoms with Crippen LogP contribution in [0.15, 0.2) is 17.2 Å². The average molecular weight is 268 g/mol. The first-order chi connectivity index (χ1) is 8.69. The number of thioether (sulfide) groups is 1. The number of hydrogen-bond donors (Lipinski definition) is 1. The number of rotatable bonds is 4. The zero-order chi connectivity index (χ0) is 13.0. The summed E-state index contributed by atoms with van der Waals surface area (Å²) >= 11 is 1.59. The van der Waals surface area contributed by atoms with E-state index < -0.39 is 0 Å². The van der Waals surface area contributed by atoms with Crippen LogP contribution in [-0.4, -0.2) is 60.2 Å². The van der Waals surface area contributed by atoms with Crippen molar-refractivity contribution in [2.45, 2.75) is 24.1 Å². The average Bonchev–Trinajstić information content (AvgIpc) is 2.39. The van der Waals surface area contributed by atoms with Crippen LogP contribution >= 0.6 is 11.8 Å². The summed E-state index contributed by atoms with van der Waals surface area (Å²) in [5, 5.41) is 12.5. The summed E-state index contributed by atoms with van der Waals surface area (Å²) in [5.74, 6) is 0.803. The zero-order valence-corrected chi connectivity index (χ0v) is 11.9. The fourth-order valence-electron chi connectivity index (χ4n) is 1.95. The lowest BCUT2D eigenvalue weighted by molar-refractivity contribution is -0.0260. The molecule has 0 spiro atoms. The van der Waals surface area contributed by atoms with E-state index in [9.17, 15) is 0 Å². The molecule has 1 aromatic rings. The molecule has 100 valence electrons. The van der Waals surface area contributed by atoms with Gasteiger partial charge in [-0.3, -0.25) is 0 Å². The van der Waals surface area contributed by atoms with E-state index in [0.717, 1.165) is 30.5 Å². The molecule has 2 unspecified atom stereocenters. The van der Waals surface area contributed by atoms with Gasteiger partial charge in [-0.15, -0.1) is 22.0 Å². The molecule has 0 radical (unpaired) electrons. The molecule has 1 aliphatic rings. The summed E-state index contributed by atoms with van der Waals surface area (Å²) < 4.78 is 5.77. The Bertz CT molecular complexity index is 373. The van der Waals surface area contributed by atoms with Gasteiger partial charge >= 0.3 is 0 Å². The minimum Gasteiger partial charge on any atom is -0.373 e. The first-order valence-electron chi connectivity index (χ1n) is 6.13. The van der Waals surface area contributed by atoms with Gasteiger partial charge in [-0.1, -0.05) is 0 Å². The maximum absolute atomic E-state index is 5.77. The Balaban J connectivity index is 1.91. The fraction of sp³-hybridized carbons (Fsp3) is 0.667. The van der Waals surface area contributed by atoms with Crippen molar-refractivity contribution in [3.63, 3.8) is 0 Å².